The van der Waals surface area contributed by atoms with Gasteiger partial charge in [0.25, 0.3) is 0 Å². The van der Waals surface area contributed by atoms with Crippen molar-refractivity contribution in [1.82, 2.24) is 46.2 Å². The van der Waals surface area contributed by atoms with E-state index >= 15 is 0 Å². The summed E-state index contributed by atoms with van der Waals surface area (Å²) >= 11 is 0. The second kappa shape index (κ2) is 25.3. The van der Waals surface area contributed by atoms with E-state index < -0.39 is 41.5 Å². The van der Waals surface area contributed by atoms with Crippen LogP contribution < -0.4 is 26.6 Å². The highest BCUT2D eigenvalue weighted by molar-refractivity contribution is 5.98. The van der Waals surface area contributed by atoms with Crippen LogP contribution in [0.4, 0.5) is 9.59 Å². The Morgan fingerprint density at radius 3 is 1.71 bits per heavy atom. The second-order valence-corrected chi connectivity index (χ2v) is 18.9. The van der Waals surface area contributed by atoms with Crippen molar-refractivity contribution >= 4 is 35.9 Å². The molecule has 19 heteroatoms. The molecule has 0 aromatic carbocycles. The van der Waals surface area contributed by atoms with E-state index in [4.69, 9.17) is 19.5 Å². The number of likely N-dealkylation sites (tertiary alicyclic amines) is 2. The van der Waals surface area contributed by atoms with Crippen molar-refractivity contribution in [2.45, 2.75) is 153 Å². The number of ether oxygens (including phenoxy) is 2. The number of amides is 4. The van der Waals surface area contributed by atoms with Crippen molar-refractivity contribution in [3.63, 3.8) is 0 Å². The number of likely N-dealkylation sites (N-methyl/N-ethyl adjacent to an activating group) is 1. The fourth-order valence-electron chi connectivity index (χ4n) is 9.85. The summed E-state index contributed by atoms with van der Waals surface area (Å²) in [5, 5.41) is 36.0. The van der Waals surface area contributed by atoms with Crippen LogP contribution in [0.1, 0.15) is 124 Å². The third-order valence-electron chi connectivity index (χ3n) is 14.0. The molecule has 3 saturated heterocycles. The smallest absolute Gasteiger partial charge is 0.413 e. The lowest BCUT2D eigenvalue weighted by Crippen LogP contribution is -2.61. The molecule has 19 nitrogen and oxygen atoms in total. The SMILES string of the molecule is CCOC(=O)NC(=N[C@@H](CC1CCCCC1)C(=O)NC1(C#N)CCN(C)CC1)N1CCN(CC)CC1/N=C(/NC(=O)OCC)N[C@@H](CC1CCCCC1)C(=O)NC1(C#N)CCN(C)CC1. The molecule has 3 aliphatic heterocycles. The summed E-state index contributed by atoms with van der Waals surface area (Å²) in [7, 11) is 4.00. The summed E-state index contributed by atoms with van der Waals surface area (Å²) in [5.74, 6) is -0.184. The first-order valence-electron chi connectivity index (χ1n) is 24.4. The molecule has 2 saturated carbocycles. The lowest BCUT2D eigenvalue weighted by Gasteiger charge is -2.41. The Hall–Kier alpha value is -4.72. The maximum atomic E-state index is 14.5. The molecule has 0 aromatic rings. The molecule has 4 amide bonds. The number of nitrogens with one attached hydrogen (secondary N) is 5. The molecule has 2 aliphatic carbocycles. The number of alkyl carbamates (subject to hydrolysis) is 2. The van der Waals surface area contributed by atoms with E-state index in [-0.39, 0.29) is 48.8 Å². The third kappa shape index (κ3) is 15.4. The van der Waals surface area contributed by atoms with E-state index in [2.05, 4.69) is 53.4 Å². The molecule has 5 fully saturated rings. The lowest BCUT2D eigenvalue weighted by atomic mass is 9.84. The number of carbonyl (C=O) groups is 4. The molecule has 3 heterocycles. The number of hydrogen-bond donors (Lipinski definition) is 5. The van der Waals surface area contributed by atoms with Gasteiger partial charge in [0.05, 0.1) is 25.4 Å². The minimum absolute atomic E-state index is 0.00744. The number of carbonyl (C=O) groups excluding carboxylic acids is 4. The zero-order valence-electron chi connectivity index (χ0n) is 39.8. The number of guanidine groups is 2. The first kappa shape index (κ1) is 51.3. The first-order valence-corrected chi connectivity index (χ1v) is 24.4. The van der Waals surface area contributed by atoms with Gasteiger partial charge in [-0.05, 0) is 84.8 Å². The molecule has 5 aliphatic rings. The van der Waals surface area contributed by atoms with Crippen LogP contribution in [0, 0.1) is 34.5 Å². The Morgan fingerprint density at radius 1 is 0.692 bits per heavy atom. The van der Waals surface area contributed by atoms with Crippen molar-refractivity contribution in [3.05, 3.63) is 0 Å². The standard InChI is InChI=1S/C46H77N13O6/c1-6-58-27-28-59(42(53-44(63)65-8-3)50-37(30-35-17-13-10-14-18-35)40(61)55-46(33-48)21-25-57(5)26-22-46)38(31-58)51-41(52-43(62)64-7-2)49-36(29-34-15-11-9-12-16-34)39(60)54-45(32-47)19-23-56(4)24-20-45/h34-38H,6-31H2,1-5H3,(H,54,60)(H,55,61)(H,50,53,63)(H2,49,51,52,62)/t36-,37-,38?/m0/s1. The van der Waals surface area contributed by atoms with Gasteiger partial charge < -0.3 is 40.1 Å². The predicted molar refractivity (Wildman–Crippen MR) is 247 cm³/mol. The van der Waals surface area contributed by atoms with Gasteiger partial charge in [0.2, 0.25) is 23.7 Å². The minimum Gasteiger partial charge on any atom is -0.450 e. The van der Waals surface area contributed by atoms with Gasteiger partial charge >= 0.3 is 12.2 Å². The number of aliphatic imine (C=N–C) groups is 2. The number of nitriles is 2. The van der Waals surface area contributed by atoms with Crippen LogP contribution in [-0.2, 0) is 19.1 Å². The van der Waals surface area contributed by atoms with Crippen molar-refractivity contribution in [3.8, 4) is 12.1 Å². The summed E-state index contributed by atoms with van der Waals surface area (Å²) in [5.41, 5.74) is -2.08. The van der Waals surface area contributed by atoms with E-state index in [0.29, 0.717) is 90.9 Å². The number of piperazine rings is 1. The maximum Gasteiger partial charge on any atom is 0.413 e. The average molecular weight is 908 g/mol. The summed E-state index contributed by atoms with van der Waals surface area (Å²) in [6.45, 7) is 10.2. The van der Waals surface area contributed by atoms with Crippen molar-refractivity contribution in [2.24, 2.45) is 21.8 Å². The van der Waals surface area contributed by atoms with Gasteiger partial charge in [-0.2, -0.15) is 10.5 Å². The van der Waals surface area contributed by atoms with E-state index in [1.165, 1.54) is 0 Å². The highest BCUT2D eigenvalue weighted by Gasteiger charge is 2.41. The van der Waals surface area contributed by atoms with Crippen LogP contribution in [0.15, 0.2) is 9.98 Å². The van der Waals surface area contributed by atoms with E-state index in [0.717, 1.165) is 64.2 Å². The average Bonchev–Trinajstić information content (AvgIpc) is 3.30. The highest BCUT2D eigenvalue weighted by Crippen LogP contribution is 2.31. The fourth-order valence-corrected chi connectivity index (χ4v) is 9.85. The quantitative estimate of drug-likeness (QED) is 0.124. The normalized spacial score (nSPS) is 23.7. The van der Waals surface area contributed by atoms with E-state index in [1.807, 2.05) is 25.9 Å². The van der Waals surface area contributed by atoms with Crippen LogP contribution in [-0.4, -0.2) is 165 Å². The molecule has 0 spiro atoms. The van der Waals surface area contributed by atoms with Crippen LogP contribution in [0.5, 0.6) is 0 Å². The summed E-state index contributed by atoms with van der Waals surface area (Å²) < 4.78 is 10.7. The second-order valence-electron chi connectivity index (χ2n) is 18.9. The monoisotopic (exact) mass is 908 g/mol. The zero-order valence-corrected chi connectivity index (χ0v) is 39.8. The minimum atomic E-state index is -1.04. The van der Waals surface area contributed by atoms with Crippen LogP contribution in [0.2, 0.25) is 0 Å². The summed E-state index contributed by atoms with van der Waals surface area (Å²) in [6.07, 6.45) is 10.8. The van der Waals surface area contributed by atoms with Gasteiger partial charge in [0.1, 0.15) is 29.3 Å². The lowest BCUT2D eigenvalue weighted by molar-refractivity contribution is -0.125. The fraction of sp³-hybridized carbons (Fsp3) is 0.826. The molecule has 5 N–H and O–H groups in total. The molecule has 362 valence electrons. The van der Waals surface area contributed by atoms with Gasteiger partial charge in [-0.3, -0.25) is 25.1 Å². The number of piperidine rings is 2. The molecular formula is C46H77N13O6. The number of nitrogens with zero attached hydrogens (tertiary/aromatic N) is 8. The van der Waals surface area contributed by atoms with E-state index in [1.54, 1.807) is 13.8 Å². The van der Waals surface area contributed by atoms with Crippen molar-refractivity contribution in [1.29, 1.82) is 10.5 Å². The Bertz CT molecular complexity index is 1720. The Balaban J connectivity index is 1.55. The molecule has 3 atom stereocenters. The van der Waals surface area contributed by atoms with Gasteiger partial charge in [0, 0.05) is 45.8 Å². The first-order chi connectivity index (χ1) is 31.3. The molecule has 0 aromatic heterocycles. The Labute approximate surface area is 386 Å². The topological polar surface area (TPSA) is 232 Å². The molecular weight excluding hydrogens is 831 g/mol. The largest absolute Gasteiger partial charge is 0.450 e. The summed E-state index contributed by atoms with van der Waals surface area (Å²) in [6, 6.07) is 3.01. The third-order valence-corrected chi connectivity index (χ3v) is 14.0. The molecule has 5 rings (SSSR count). The van der Waals surface area contributed by atoms with Crippen LogP contribution >= 0.6 is 0 Å². The van der Waals surface area contributed by atoms with Crippen LogP contribution in [0.3, 0.4) is 0 Å². The zero-order chi connectivity index (χ0) is 46.8. The maximum absolute atomic E-state index is 14.5. The van der Waals surface area contributed by atoms with E-state index in [9.17, 15) is 29.7 Å². The highest BCUT2D eigenvalue weighted by atomic mass is 16.6. The van der Waals surface area contributed by atoms with Crippen molar-refractivity contribution in [2.75, 3.05) is 79.7 Å². The van der Waals surface area contributed by atoms with Gasteiger partial charge in [-0.25, -0.2) is 19.6 Å². The molecule has 0 radical (unpaired) electrons. The molecule has 1 unspecified atom stereocenters. The van der Waals surface area contributed by atoms with Crippen LogP contribution in [0.25, 0.3) is 0 Å². The number of hydrogen-bond acceptors (Lipinski definition) is 13. The Kier molecular flexibility index (Phi) is 19.9. The predicted octanol–water partition coefficient (Wildman–Crippen LogP) is 3.63. The summed E-state index contributed by atoms with van der Waals surface area (Å²) in [4.78, 5) is 74.2. The van der Waals surface area contributed by atoms with Gasteiger partial charge in [-0.1, -0.05) is 71.1 Å². The van der Waals surface area contributed by atoms with Gasteiger partial charge in [-0.15, -0.1) is 0 Å². The van der Waals surface area contributed by atoms with Crippen molar-refractivity contribution < 1.29 is 28.7 Å². The molecule has 0 bridgehead atoms. The Morgan fingerprint density at radius 2 is 1.20 bits per heavy atom. The van der Waals surface area contributed by atoms with Gasteiger partial charge in [0.15, 0.2) is 0 Å². The number of rotatable bonds is 14. The molecule has 65 heavy (non-hydrogen) atoms.